The van der Waals surface area contributed by atoms with E-state index in [2.05, 4.69) is 15.5 Å². The molecule has 0 fully saturated rings. The molecule has 1 atom stereocenters. The zero-order valence-corrected chi connectivity index (χ0v) is 15.9. The Balaban J connectivity index is 1.65. The molecule has 3 aromatic rings. The lowest BCUT2D eigenvalue weighted by atomic mass is 10.1. The summed E-state index contributed by atoms with van der Waals surface area (Å²) in [6.07, 6.45) is 0.709. The summed E-state index contributed by atoms with van der Waals surface area (Å²) in [5.74, 6) is 0.572. The number of H-pyrrole nitrogens is 1. The van der Waals surface area contributed by atoms with E-state index in [-0.39, 0.29) is 18.5 Å². The Morgan fingerprint density at radius 2 is 2.28 bits per heavy atom. The van der Waals surface area contributed by atoms with Crippen molar-refractivity contribution >= 4 is 41.1 Å². The minimum absolute atomic E-state index is 0.0165. The van der Waals surface area contributed by atoms with Gasteiger partial charge in [0.2, 0.25) is 5.91 Å². The van der Waals surface area contributed by atoms with Crippen molar-refractivity contribution < 1.29 is 4.79 Å². The molecule has 1 aromatic carbocycles. The van der Waals surface area contributed by atoms with Gasteiger partial charge in [0, 0.05) is 11.1 Å². The first-order valence-electron chi connectivity index (χ1n) is 7.76. The van der Waals surface area contributed by atoms with Crippen LogP contribution in [0, 0.1) is 4.77 Å². The molecule has 1 amide bonds. The van der Waals surface area contributed by atoms with E-state index in [0.29, 0.717) is 22.0 Å². The summed E-state index contributed by atoms with van der Waals surface area (Å²) in [5, 5.41) is 12.6. The summed E-state index contributed by atoms with van der Waals surface area (Å²) in [7, 11) is 0. The SMILES string of the molecule is C[C@@H](Cc1cccc(Cl)c1)NC(=O)Cn1c(-c2cccs2)n[nH]c1=S. The zero-order chi connectivity index (χ0) is 17.8. The summed E-state index contributed by atoms with van der Waals surface area (Å²) >= 11 is 12.8. The number of amides is 1. The first kappa shape index (κ1) is 17.8. The van der Waals surface area contributed by atoms with Crippen LogP contribution in [0.15, 0.2) is 41.8 Å². The molecule has 2 heterocycles. The van der Waals surface area contributed by atoms with Gasteiger partial charge in [0.15, 0.2) is 10.6 Å². The summed E-state index contributed by atoms with van der Waals surface area (Å²) in [6, 6.07) is 11.5. The van der Waals surface area contributed by atoms with E-state index >= 15 is 0 Å². The molecule has 5 nitrogen and oxygen atoms in total. The predicted octanol–water partition coefficient (Wildman–Crippen LogP) is 4.07. The fourth-order valence-corrected chi connectivity index (χ4v) is 3.72. The quantitative estimate of drug-likeness (QED) is 0.621. The summed E-state index contributed by atoms with van der Waals surface area (Å²) in [4.78, 5) is 13.4. The summed E-state index contributed by atoms with van der Waals surface area (Å²) in [5.41, 5.74) is 1.08. The number of hydrogen-bond acceptors (Lipinski definition) is 4. The van der Waals surface area contributed by atoms with Crippen LogP contribution in [0.25, 0.3) is 10.7 Å². The van der Waals surface area contributed by atoms with Gasteiger partial charge in [0.25, 0.3) is 0 Å². The van der Waals surface area contributed by atoms with E-state index in [4.69, 9.17) is 23.8 Å². The Kier molecular flexibility index (Phi) is 5.67. The number of aromatic amines is 1. The van der Waals surface area contributed by atoms with Crippen molar-refractivity contribution in [3.8, 4) is 10.7 Å². The number of carbonyl (C=O) groups is 1. The number of carbonyl (C=O) groups excluding carboxylic acids is 1. The highest BCUT2D eigenvalue weighted by atomic mass is 35.5. The number of thiophene rings is 1. The number of nitrogens with zero attached hydrogens (tertiary/aromatic N) is 2. The Morgan fingerprint density at radius 1 is 1.44 bits per heavy atom. The van der Waals surface area contributed by atoms with Crippen LogP contribution >= 0.6 is 35.2 Å². The zero-order valence-electron chi connectivity index (χ0n) is 13.5. The molecule has 0 bridgehead atoms. The van der Waals surface area contributed by atoms with E-state index in [1.165, 1.54) is 0 Å². The monoisotopic (exact) mass is 392 g/mol. The molecule has 0 aliphatic heterocycles. The second kappa shape index (κ2) is 7.95. The van der Waals surface area contributed by atoms with E-state index in [1.54, 1.807) is 15.9 Å². The third-order valence-corrected chi connectivity index (χ3v) is 5.05. The molecule has 130 valence electrons. The fraction of sp³-hybridized carbons (Fsp3) is 0.235. The van der Waals surface area contributed by atoms with Crippen molar-refractivity contribution in [2.24, 2.45) is 0 Å². The van der Waals surface area contributed by atoms with Crippen LogP contribution in [-0.2, 0) is 17.8 Å². The molecule has 0 aliphatic rings. The van der Waals surface area contributed by atoms with Crippen molar-refractivity contribution in [3.63, 3.8) is 0 Å². The number of halogens is 1. The standard InChI is InChI=1S/C17H17ClN4OS2/c1-11(8-12-4-2-5-13(18)9-12)19-15(23)10-22-16(20-21-17(22)24)14-6-3-7-25-14/h2-7,9,11H,8,10H2,1H3,(H,19,23)(H,21,24)/t11-/m0/s1. The predicted molar refractivity (Wildman–Crippen MR) is 103 cm³/mol. The lowest BCUT2D eigenvalue weighted by Crippen LogP contribution is -2.36. The molecule has 2 aromatic heterocycles. The minimum atomic E-state index is -0.107. The lowest BCUT2D eigenvalue weighted by Gasteiger charge is -2.15. The van der Waals surface area contributed by atoms with Crippen LogP contribution < -0.4 is 5.32 Å². The van der Waals surface area contributed by atoms with Crippen molar-refractivity contribution in [1.82, 2.24) is 20.1 Å². The van der Waals surface area contributed by atoms with Crippen molar-refractivity contribution in [2.75, 3.05) is 0 Å². The van der Waals surface area contributed by atoms with Crippen LogP contribution in [0.1, 0.15) is 12.5 Å². The molecule has 0 saturated heterocycles. The van der Waals surface area contributed by atoms with Crippen LogP contribution in [0.4, 0.5) is 0 Å². The lowest BCUT2D eigenvalue weighted by molar-refractivity contribution is -0.122. The normalized spacial score (nSPS) is 12.1. The topological polar surface area (TPSA) is 62.7 Å². The van der Waals surface area contributed by atoms with Crippen molar-refractivity contribution in [3.05, 3.63) is 57.1 Å². The van der Waals surface area contributed by atoms with Gasteiger partial charge in [0.05, 0.1) is 4.88 Å². The Morgan fingerprint density at radius 3 is 3.00 bits per heavy atom. The van der Waals surface area contributed by atoms with Gasteiger partial charge in [-0.05, 0) is 54.7 Å². The number of aromatic nitrogens is 3. The largest absolute Gasteiger partial charge is 0.352 e. The van der Waals surface area contributed by atoms with E-state index in [0.717, 1.165) is 10.4 Å². The third kappa shape index (κ3) is 4.56. The highest BCUT2D eigenvalue weighted by molar-refractivity contribution is 7.71. The highest BCUT2D eigenvalue weighted by Gasteiger charge is 2.14. The van der Waals surface area contributed by atoms with E-state index in [1.807, 2.05) is 48.7 Å². The molecule has 3 rings (SSSR count). The number of hydrogen-bond donors (Lipinski definition) is 2. The maximum Gasteiger partial charge on any atom is 0.240 e. The maximum atomic E-state index is 12.4. The van der Waals surface area contributed by atoms with Gasteiger partial charge in [-0.15, -0.1) is 11.3 Å². The van der Waals surface area contributed by atoms with Crippen LogP contribution in [0.3, 0.4) is 0 Å². The number of benzene rings is 1. The van der Waals surface area contributed by atoms with Gasteiger partial charge in [-0.1, -0.05) is 29.8 Å². The highest BCUT2D eigenvalue weighted by Crippen LogP contribution is 2.22. The van der Waals surface area contributed by atoms with Crippen LogP contribution in [0.5, 0.6) is 0 Å². The minimum Gasteiger partial charge on any atom is -0.352 e. The number of nitrogens with one attached hydrogen (secondary N) is 2. The Labute approximate surface area is 159 Å². The van der Waals surface area contributed by atoms with Gasteiger partial charge in [-0.25, -0.2) is 0 Å². The van der Waals surface area contributed by atoms with Gasteiger partial charge in [0.1, 0.15) is 6.54 Å². The van der Waals surface area contributed by atoms with Crippen molar-refractivity contribution in [1.29, 1.82) is 0 Å². The third-order valence-electron chi connectivity index (χ3n) is 3.64. The molecule has 0 saturated carbocycles. The van der Waals surface area contributed by atoms with Gasteiger partial charge >= 0.3 is 0 Å². The van der Waals surface area contributed by atoms with E-state index in [9.17, 15) is 4.79 Å². The molecule has 0 unspecified atom stereocenters. The molecule has 0 aliphatic carbocycles. The summed E-state index contributed by atoms with van der Waals surface area (Å²) < 4.78 is 2.14. The Hall–Kier alpha value is -1.96. The average Bonchev–Trinajstić information content (AvgIpc) is 3.18. The first-order valence-corrected chi connectivity index (χ1v) is 9.42. The smallest absolute Gasteiger partial charge is 0.240 e. The molecule has 0 radical (unpaired) electrons. The Bertz CT molecular complexity index is 917. The van der Waals surface area contributed by atoms with Crippen molar-refractivity contribution in [2.45, 2.75) is 25.9 Å². The summed E-state index contributed by atoms with van der Waals surface area (Å²) in [6.45, 7) is 2.09. The second-order valence-corrected chi connectivity index (χ2v) is 7.49. The second-order valence-electron chi connectivity index (χ2n) is 5.72. The van der Waals surface area contributed by atoms with Gasteiger partial charge < -0.3 is 5.32 Å². The van der Waals surface area contributed by atoms with Crippen LogP contribution in [-0.4, -0.2) is 26.7 Å². The fourth-order valence-electron chi connectivity index (χ4n) is 2.59. The number of rotatable bonds is 6. The van der Waals surface area contributed by atoms with E-state index < -0.39 is 0 Å². The van der Waals surface area contributed by atoms with Gasteiger partial charge in [-0.2, -0.15) is 5.10 Å². The molecule has 2 N–H and O–H groups in total. The molecular weight excluding hydrogens is 376 g/mol. The maximum absolute atomic E-state index is 12.4. The molecular formula is C17H17ClN4OS2. The van der Waals surface area contributed by atoms with Gasteiger partial charge in [-0.3, -0.25) is 14.5 Å². The molecule has 25 heavy (non-hydrogen) atoms. The first-order chi connectivity index (χ1) is 12.0. The van der Waals surface area contributed by atoms with Crippen LogP contribution in [0.2, 0.25) is 5.02 Å². The molecule has 0 spiro atoms. The molecule has 8 heteroatoms. The average molecular weight is 393 g/mol.